The highest BCUT2D eigenvalue weighted by atomic mass is 16.4. The van der Waals surface area contributed by atoms with E-state index < -0.39 is 5.97 Å². The number of hydrogen-bond acceptors (Lipinski definition) is 4. The number of amides is 1. The first-order chi connectivity index (χ1) is 11.2. The monoisotopic (exact) mass is 311 g/mol. The smallest absolute Gasteiger partial charge is 0.336 e. The van der Waals surface area contributed by atoms with E-state index in [2.05, 4.69) is 9.88 Å². The van der Waals surface area contributed by atoms with Crippen LogP contribution < -0.4 is 4.90 Å². The molecule has 6 heteroatoms. The Bertz CT molecular complexity index is 710. The number of nitrogens with zero attached hydrogens (tertiary/aromatic N) is 3. The minimum Gasteiger partial charge on any atom is -0.478 e. The molecule has 1 aromatic carbocycles. The van der Waals surface area contributed by atoms with E-state index in [1.54, 1.807) is 29.3 Å². The Morgan fingerprint density at radius 3 is 2.17 bits per heavy atom. The topological polar surface area (TPSA) is 73.7 Å². The lowest BCUT2D eigenvalue weighted by molar-refractivity contribution is 0.0673. The van der Waals surface area contributed by atoms with Crippen LogP contribution in [0, 0.1) is 0 Å². The Hall–Kier alpha value is -2.89. The molecular weight excluding hydrogens is 294 g/mol. The quantitative estimate of drug-likeness (QED) is 0.934. The summed E-state index contributed by atoms with van der Waals surface area (Å²) in [6, 6.07) is 12.1. The van der Waals surface area contributed by atoms with Crippen LogP contribution in [0.4, 0.5) is 5.82 Å². The predicted molar refractivity (Wildman–Crippen MR) is 85.8 cm³/mol. The summed E-state index contributed by atoms with van der Waals surface area (Å²) in [4.78, 5) is 32.0. The van der Waals surface area contributed by atoms with Crippen LogP contribution in [0.5, 0.6) is 0 Å². The summed E-state index contributed by atoms with van der Waals surface area (Å²) < 4.78 is 0. The molecule has 2 aromatic rings. The molecule has 0 bridgehead atoms. The lowest BCUT2D eigenvalue weighted by Gasteiger charge is -2.35. The van der Waals surface area contributed by atoms with Gasteiger partial charge in [0.1, 0.15) is 5.82 Å². The molecule has 118 valence electrons. The highest BCUT2D eigenvalue weighted by Crippen LogP contribution is 2.16. The van der Waals surface area contributed by atoms with Crippen LogP contribution in [0.15, 0.2) is 48.7 Å². The fourth-order valence-corrected chi connectivity index (χ4v) is 2.71. The number of piperazine rings is 1. The Balaban J connectivity index is 1.71. The van der Waals surface area contributed by atoms with Crippen molar-refractivity contribution in [2.75, 3.05) is 31.1 Å². The van der Waals surface area contributed by atoms with Gasteiger partial charge in [-0.1, -0.05) is 18.2 Å². The summed E-state index contributed by atoms with van der Waals surface area (Å²) in [5.41, 5.74) is 0.288. The zero-order valence-corrected chi connectivity index (χ0v) is 12.6. The van der Waals surface area contributed by atoms with E-state index in [9.17, 15) is 14.7 Å². The minimum absolute atomic E-state index is 0.0460. The van der Waals surface area contributed by atoms with E-state index >= 15 is 0 Å². The number of carbonyl (C=O) groups is 2. The van der Waals surface area contributed by atoms with Gasteiger partial charge in [0, 0.05) is 32.4 Å². The molecule has 6 nitrogen and oxygen atoms in total. The van der Waals surface area contributed by atoms with E-state index in [0.717, 1.165) is 5.82 Å². The van der Waals surface area contributed by atoms with Gasteiger partial charge < -0.3 is 14.9 Å². The molecule has 1 aromatic heterocycles. The normalized spacial score (nSPS) is 14.6. The van der Waals surface area contributed by atoms with Gasteiger partial charge in [0.2, 0.25) is 0 Å². The third-order valence-corrected chi connectivity index (χ3v) is 3.93. The first-order valence-corrected chi connectivity index (χ1v) is 7.44. The van der Waals surface area contributed by atoms with Crippen LogP contribution >= 0.6 is 0 Å². The van der Waals surface area contributed by atoms with Crippen molar-refractivity contribution >= 4 is 17.7 Å². The van der Waals surface area contributed by atoms with Crippen molar-refractivity contribution < 1.29 is 14.7 Å². The molecule has 0 aliphatic carbocycles. The maximum atomic E-state index is 12.6. The van der Waals surface area contributed by atoms with Gasteiger partial charge in [-0.3, -0.25) is 4.79 Å². The van der Waals surface area contributed by atoms with Crippen molar-refractivity contribution in [3.8, 4) is 0 Å². The van der Waals surface area contributed by atoms with Gasteiger partial charge in [-0.2, -0.15) is 0 Å². The molecule has 0 unspecified atom stereocenters. The molecule has 1 fully saturated rings. The van der Waals surface area contributed by atoms with E-state index in [0.29, 0.717) is 26.2 Å². The maximum absolute atomic E-state index is 12.6. The Morgan fingerprint density at radius 2 is 1.57 bits per heavy atom. The second-order valence-electron chi connectivity index (χ2n) is 5.32. The molecule has 0 saturated carbocycles. The molecule has 1 saturated heterocycles. The fraction of sp³-hybridized carbons (Fsp3) is 0.235. The summed E-state index contributed by atoms with van der Waals surface area (Å²) in [5.74, 6) is -0.421. The number of pyridine rings is 1. The third kappa shape index (κ3) is 3.15. The molecule has 0 spiro atoms. The van der Waals surface area contributed by atoms with Crippen LogP contribution in [-0.2, 0) is 0 Å². The molecule has 1 aliphatic rings. The van der Waals surface area contributed by atoms with Crippen LogP contribution in [-0.4, -0.2) is 53.0 Å². The van der Waals surface area contributed by atoms with Crippen molar-refractivity contribution in [3.63, 3.8) is 0 Å². The van der Waals surface area contributed by atoms with Crippen LogP contribution in [0.3, 0.4) is 0 Å². The summed E-state index contributed by atoms with van der Waals surface area (Å²) in [6.07, 6.45) is 1.75. The van der Waals surface area contributed by atoms with Crippen molar-refractivity contribution in [2.24, 2.45) is 0 Å². The standard InChI is InChI=1S/C17H17N3O3/c21-16(13-5-1-2-6-14(13)17(22)23)20-11-9-19(10-12-20)15-7-3-4-8-18-15/h1-8H,9-12H2,(H,22,23). The van der Waals surface area contributed by atoms with Crippen molar-refractivity contribution in [1.29, 1.82) is 0 Å². The first-order valence-electron chi connectivity index (χ1n) is 7.44. The molecule has 1 amide bonds. The lowest BCUT2D eigenvalue weighted by Crippen LogP contribution is -2.49. The van der Waals surface area contributed by atoms with Gasteiger partial charge in [-0.15, -0.1) is 0 Å². The number of hydrogen-bond donors (Lipinski definition) is 1. The second-order valence-corrected chi connectivity index (χ2v) is 5.32. The largest absolute Gasteiger partial charge is 0.478 e. The molecule has 0 atom stereocenters. The number of benzene rings is 1. The zero-order valence-electron chi connectivity index (χ0n) is 12.6. The van der Waals surface area contributed by atoms with Crippen LogP contribution in [0.2, 0.25) is 0 Å². The number of carboxylic acid groups (broad SMARTS) is 1. The molecule has 2 heterocycles. The molecular formula is C17H17N3O3. The number of carbonyl (C=O) groups excluding carboxylic acids is 1. The van der Waals surface area contributed by atoms with Crippen molar-refractivity contribution in [1.82, 2.24) is 9.88 Å². The number of aromatic nitrogens is 1. The number of rotatable bonds is 3. The molecule has 0 radical (unpaired) electrons. The average molecular weight is 311 g/mol. The summed E-state index contributed by atoms with van der Waals surface area (Å²) >= 11 is 0. The number of carboxylic acids is 1. The van der Waals surface area contributed by atoms with E-state index in [-0.39, 0.29) is 17.0 Å². The van der Waals surface area contributed by atoms with E-state index in [4.69, 9.17) is 0 Å². The van der Waals surface area contributed by atoms with E-state index in [1.807, 2.05) is 18.2 Å². The van der Waals surface area contributed by atoms with Crippen LogP contribution in [0.25, 0.3) is 0 Å². The van der Waals surface area contributed by atoms with Gasteiger partial charge >= 0.3 is 5.97 Å². The highest BCUT2D eigenvalue weighted by Gasteiger charge is 2.25. The molecule has 23 heavy (non-hydrogen) atoms. The van der Waals surface area contributed by atoms with Gasteiger partial charge in [0.15, 0.2) is 0 Å². The van der Waals surface area contributed by atoms with Crippen molar-refractivity contribution in [3.05, 3.63) is 59.8 Å². The summed E-state index contributed by atoms with van der Waals surface area (Å²) in [7, 11) is 0. The fourth-order valence-electron chi connectivity index (χ4n) is 2.71. The lowest BCUT2D eigenvalue weighted by atomic mass is 10.1. The van der Waals surface area contributed by atoms with Gasteiger partial charge in [-0.05, 0) is 24.3 Å². The predicted octanol–water partition coefficient (Wildman–Crippen LogP) is 1.74. The van der Waals surface area contributed by atoms with E-state index in [1.165, 1.54) is 6.07 Å². The summed E-state index contributed by atoms with van der Waals surface area (Å²) in [5, 5.41) is 9.22. The molecule has 1 N–H and O–H groups in total. The van der Waals surface area contributed by atoms with Gasteiger partial charge in [0.25, 0.3) is 5.91 Å². The average Bonchev–Trinajstić information content (AvgIpc) is 2.62. The molecule has 1 aliphatic heterocycles. The van der Waals surface area contributed by atoms with Crippen LogP contribution in [0.1, 0.15) is 20.7 Å². The van der Waals surface area contributed by atoms with Crippen molar-refractivity contribution in [2.45, 2.75) is 0 Å². The SMILES string of the molecule is O=C(O)c1ccccc1C(=O)N1CCN(c2ccccn2)CC1. The first kappa shape index (κ1) is 15.0. The minimum atomic E-state index is -1.08. The number of aromatic carboxylic acids is 1. The number of anilines is 1. The highest BCUT2D eigenvalue weighted by molar-refractivity contribution is 6.04. The summed E-state index contributed by atoms with van der Waals surface area (Å²) in [6.45, 7) is 2.45. The van der Waals surface area contributed by atoms with Gasteiger partial charge in [-0.25, -0.2) is 9.78 Å². The zero-order chi connectivity index (χ0) is 16.2. The Morgan fingerprint density at radius 1 is 0.913 bits per heavy atom. The Kier molecular flexibility index (Phi) is 4.23. The second kappa shape index (κ2) is 6.48. The molecule has 3 rings (SSSR count). The van der Waals surface area contributed by atoms with Gasteiger partial charge in [0.05, 0.1) is 11.1 Å². The maximum Gasteiger partial charge on any atom is 0.336 e. The Labute approximate surface area is 134 Å². The third-order valence-electron chi connectivity index (χ3n) is 3.93.